The smallest absolute Gasteiger partial charge is 0.229 e. The van der Waals surface area contributed by atoms with Crippen molar-refractivity contribution in [3.8, 4) is 0 Å². The Balaban J connectivity index is 1.77. The van der Waals surface area contributed by atoms with Crippen LogP contribution in [-0.2, 0) is 19.9 Å². The third kappa shape index (κ3) is 3.31. The molecule has 1 atom stereocenters. The number of nitrogens with one attached hydrogen (secondary N) is 1. The van der Waals surface area contributed by atoms with Gasteiger partial charge in [-0.1, -0.05) is 30.3 Å². The molecule has 0 spiro atoms. The maximum Gasteiger partial charge on any atom is 0.240 e. The highest BCUT2D eigenvalue weighted by molar-refractivity contribution is 7.91. The lowest BCUT2D eigenvalue weighted by Gasteiger charge is -2.11. The van der Waals surface area contributed by atoms with Gasteiger partial charge in [-0.3, -0.25) is 0 Å². The molecular weight excluding hydrogens is 322 g/mol. The van der Waals surface area contributed by atoms with E-state index in [1.54, 1.807) is 18.2 Å². The van der Waals surface area contributed by atoms with Gasteiger partial charge >= 0.3 is 0 Å². The summed E-state index contributed by atoms with van der Waals surface area (Å²) in [6.45, 7) is 0.161. The van der Waals surface area contributed by atoms with Crippen molar-refractivity contribution in [3.63, 3.8) is 0 Å². The van der Waals surface area contributed by atoms with E-state index in [-0.39, 0.29) is 28.9 Å². The Labute approximate surface area is 130 Å². The lowest BCUT2D eigenvalue weighted by atomic mass is 10.1. The van der Waals surface area contributed by atoms with Crippen LogP contribution in [0.5, 0.6) is 0 Å². The maximum absolute atomic E-state index is 12.3. The van der Waals surface area contributed by atoms with Crippen molar-refractivity contribution < 1.29 is 16.8 Å². The second-order valence-electron chi connectivity index (χ2n) is 5.63. The minimum Gasteiger partial charge on any atom is -0.229 e. The highest BCUT2D eigenvalue weighted by Crippen LogP contribution is 2.21. The third-order valence-corrected chi connectivity index (χ3v) is 7.18. The van der Waals surface area contributed by atoms with Gasteiger partial charge in [-0.2, -0.15) is 0 Å². The van der Waals surface area contributed by atoms with Crippen LogP contribution >= 0.6 is 0 Å². The van der Waals surface area contributed by atoms with Crippen molar-refractivity contribution in [2.75, 3.05) is 18.1 Å². The Morgan fingerprint density at radius 2 is 1.82 bits per heavy atom. The van der Waals surface area contributed by atoms with Gasteiger partial charge in [0.15, 0.2) is 9.84 Å². The summed E-state index contributed by atoms with van der Waals surface area (Å²) in [5.74, 6) is 0.0722. The maximum atomic E-state index is 12.3. The SMILES string of the molecule is O=S1(=O)CCC(CNS(=O)(=O)c2ccc3ccccc3c2)C1. The van der Waals surface area contributed by atoms with E-state index in [4.69, 9.17) is 0 Å². The first-order chi connectivity index (χ1) is 10.4. The predicted octanol–water partition coefficient (Wildman–Crippen LogP) is 1.55. The molecule has 0 saturated carbocycles. The second kappa shape index (κ2) is 5.64. The van der Waals surface area contributed by atoms with Gasteiger partial charge in [0.2, 0.25) is 10.0 Å². The van der Waals surface area contributed by atoms with Crippen LogP contribution in [0.2, 0.25) is 0 Å². The molecule has 7 heteroatoms. The summed E-state index contributed by atoms with van der Waals surface area (Å²) in [4.78, 5) is 0.201. The van der Waals surface area contributed by atoms with Gasteiger partial charge in [0.25, 0.3) is 0 Å². The monoisotopic (exact) mass is 339 g/mol. The molecule has 5 nitrogen and oxygen atoms in total. The molecule has 1 heterocycles. The van der Waals surface area contributed by atoms with Crippen LogP contribution in [0.1, 0.15) is 6.42 Å². The average molecular weight is 339 g/mol. The lowest BCUT2D eigenvalue weighted by Crippen LogP contribution is -2.29. The first kappa shape index (κ1) is 15.5. The molecule has 0 aliphatic carbocycles. The van der Waals surface area contributed by atoms with Gasteiger partial charge in [0, 0.05) is 6.54 Å². The van der Waals surface area contributed by atoms with Gasteiger partial charge in [-0.15, -0.1) is 0 Å². The molecule has 1 fully saturated rings. The number of sulfone groups is 1. The zero-order valence-electron chi connectivity index (χ0n) is 11.9. The van der Waals surface area contributed by atoms with E-state index < -0.39 is 19.9 Å². The molecule has 118 valence electrons. The molecule has 1 unspecified atom stereocenters. The summed E-state index contributed by atoms with van der Waals surface area (Å²) in [6.07, 6.45) is 0.516. The fourth-order valence-corrected chi connectivity index (χ4v) is 5.69. The standard InChI is InChI=1S/C15H17NO4S2/c17-21(18)8-7-12(11-21)10-16-22(19,20)15-6-5-13-3-1-2-4-14(13)9-15/h1-6,9,12,16H,7-8,10-11H2. The van der Waals surface area contributed by atoms with E-state index in [1.165, 1.54) is 0 Å². The molecule has 1 aliphatic heterocycles. The molecule has 2 aromatic rings. The highest BCUT2D eigenvalue weighted by atomic mass is 32.2. The van der Waals surface area contributed by atoms with Gasteiger partial charge in [-0.05, 0) is 35.2 Å². The molecule has 3 rings (SSSR count). The minimum atomic E-state index is -3.62. The van der Waals surface area contributed by atoms with Gasteiger partial charge in [0.1, 0.15) is 0 Å². The Kier molecular flexibility index (Phi) is 3.96. The van der Waals surface area contributed by atoms with E-state index in [0.29, 0.717) is 6.42 Å². The Morgan fingerprint density at radius 1 is 1.09 bits per heavy atom. The van der Waals surface area contributed by atoms with Crippen molar-refractivity contribution in [2.24, 2.45) is 5.92 Å². The summed E-state index contributed by atoms with van der Waals surface area (Å²) in [6, 6.07) is 12.5. The third-order valence-electron chi connectivity index (χ3n) is 3.92. The molecule has 0 amide bonds. The van der Waals surface area contributed by atoms with Crippen LogP contribution in [-0.4, -0.2) is 34.9 Å². The zero-order valence-corrected chi connectivity index (χ0v) is 13.5. The molecule has 1 N–H and O–H groups in total. The number of sulfonamides is 1. The van der Waals surface area contributed by atoms with Crippen molar-refractivity contribution in [3.05, 3.63) is 42.5 Å². The number of fused-ring (bicyclic) bond motifs is 1. The topological polar surface area (TPSA) is 80.3 Å². The molecule has 1 saturated heterocycles. The quantitative estimate of drug-likeness (QED) is 0.916. The lowest BCUT2D eigenvalue weighted by molar-refractivity contribution is 0.543. The number of benzene rings is 2. The molecule has 0 aromatic heterocycles. The molecule has 22 heavy (non-hydrogen) atoms. The number of hydrogen-bond acceptors (Lipinski definition) is 4. The highest BCUT2D eigenvalue weighted by Gasteiger charge is 2.29. The second-order valence-corrected chi connectivity index (χ2v) is 9.63. The van der Waals surface area contributed by atoms with E-state index in [9.17, 15) is 16.8 Å². The summed E-state index contributed by atoms with van der Waals surface area (Å²) in [5, 5.41) is 1.83. The first-order valence-corrected chi connectivity index (χ1v) is 10.4. The van der Waals surface area contributed by atoms with Gasteiger partial charge in [0.05, 0.1) is 16.4 Å². The van der Waals surface area contributed by atoms with Crippen LogP contribution in [0.4, 0.5) is 0 Å². The van der Waals surface area contributed by atoms with Crippen molar-refractivity contribution in [1.29, 1.82) is 0 Å². The van der Waals surface area contributed by atoms with E-state index in [2.05, 4.69) is 4.72 Å². The molecule has 1 aliphatic rings. The minimum absolute atomic E-state index is 0.0627. The molecule has 2 aromatic carbocycles. The van der Waals surface area contributed by atoms with Crippen molar-refractivity contribution in [1.82, 2.24) is 4.72 Å². The van der Waals surface area contributed by atoms with Crippen LogP contribution in [0.25, 0.3) is 10.8 Å². The van der Waals surface area contributed by atoms with Crippen molar-refractivity contribution >= 4 is 30.6 Å². The Bertz CT molecular complexity index is 904. The normalized spacial score (nSPS) is 21.2. The molecule has 0 radical (unpaired) electrons. The fraction of sp³-hybridized carbons (Fsp3) is 0.333. The largest absolute Gasteiger partial charge is 0.240 e. The Morgan fingerprint density at radius 3 is 2.50 bits per heavy atom. The molecule has 0 bridgehead atoms. The van der Waals surface area contributed by atoms with Crippen LogP contribution in [0.15, 0.2) is 47.4 Å². The molecular formula is C15H17NO4S2. The van der Waals surface area contributed by atoms with Crippen LogP contribution in [0, 0.1) is 5.92 Å². The van der Waals surface area contributed by atoms with E-state index in [0.717, 1.165) is 10.8 Å². The summed E-state index contributed by atoms with van der Waals surface area (Å²) >= 11 is 0. The zero-order chi connectivity index (χ0) is 15.8. The number of rotatable bonds is 4. The summed E-state index contributed by atoms with van der Waals surface area (Å²) in [7, 11) is -6.61. The predicted molar refractivity (Wildman–Crippen MR) is 85.9 cm³/mol. The summed E-state index contributed by atoms with van der Waals surface area (Å²) in [5.41, 5.74) is 0. The Hall–Kier alpha value is -1.44. The van der Waals surface area contributed by atoms with E-state index >= 15 is 0 Å². The average Bonchev–Trinajstić information content (AvgIpc) is 2.84. The van der Waals surface area contributed by atoms with Gasteiger partial charge in [-0.25, -0.2) is 21.6 Å². The first-order valence-electron chi connectivity index (χ1n) is 7.05. The van der Waals surface area contributed by atoms with Crippen LogP contribution < -0.4 is 4.72 Å². The van der Waals surface area contributed by atoms with Crippen LogP contribution in [0.3, 0.4) is 0 Å². The number of hydrogen-bond donors (Lipinski definition) is 1. The van der Waals surface area contributed by atoms with E-state index in [1.807, 2.05) is 24.3 Å². The van der Waals surface area contributed by atoms with Crippen molar-refractivity contribution in [2.45, 2.75) is 11.3 Å². The fourth-order valence-electron chi connectivity index (χ4n) is 2.68. The van der Waals surface area contributed by atoms with Gasteiger partial charge < -0.3 is 0 Å². The summed E-state index contributed by atoms with van der Waals surface area (Å²) < 4.78 is 50.0.